The second-order valence-corrected chi connectivity index (χ2v) is 6.02. The highest BCUT2D eigenvalue weighted by atomic mass is 16.2. The van der Waals surface area contributed by atoms with E-state index < -0.39 is 5.92 Å². The molecule has 0 aliphatic carbocycles. The Balaban J connectivity index is 1.78. The molecule has 0 spiro atoms. The van der Waals surface area contributed by atoms with Crippen molar-refractivity contribution in [1.82, 2.24) is 0 Å². The van der Waals surface area contributed by atoms with Crippen molar-refractivity contribution in [2.24, 2.45) is 0 Å². The summed E-state index contributed by atoms with van der Waals surface area (Å²) in [5.74, 6) is -0.978. The first kappa shape index (κ1) is 16.7. The first-order chi connectivity index (χ1) is 12.0. The smallest absolute Gasteiger partial charge is 0.232 e. The highest BCUT2D eigenvalue weighted by molar-refractivity contribution is 6.06. The van der Waals surface area contributed by atoms with E-state index in [1.54, 1.807) is 36.2 Å². The zero-order valence-corrected chi connectivity index (χ0v) is 14.1. The van der Waals surface area contributed by atoms with Crippen LogP contribution in [0.3, 0.4) is 0 Å². The molecule has 0 aromatic heterocycles. The minimum Gasteiger partial charge on any atom is -0.326 e. The number of nitrogens with one attached hydrogen (secondary N) is 2. The van der Waals surface area contributed by atoms with Crippen LogP contribution >= 0.6 is 0 Å². The number of fused-ring (bicyclic) bond motifs is 1. The van der Waals surface area contributed by atoms with Gasteiger partial charge >= 0.3 is 0 Å². The van der Waals surface area contributed by atoms with E-state index in [2.05, 4.69) is 10.6 Å². The Morgan fingerprint density at radius 2 is 1.60 bits per heavy atom. The minimum absolute atomic E-state index is 0.0835. The third-order valence-electron chi connectivity index (χ3n) is 4.22. The Morgan fingerprint density at radius 1 is 1.00 bits per heavy atom. The number of carbonyl (C=O) groups is 3. The van der Waals surface area contributed by atoms with E-state index in [1.807, 2.05) is 24.3 Å². The van der Waals surface area contributed by atoms with E-state index in [1.165, 1.54) is 6.92 Å². The van der Waals surface area contributed by atoms with Crippen LogP contribution in [-0.4, -0.2) is 24.8 Å². The summed E-state index contributed by atoms with van der Waals surface area (Å²) in [5.41, 5.74) is 2.88. The summed E-state index contributed by atoms with van der Waals surface area (Å²) in [5, 5.41) is 5.52. The highest BCUT2D eigenvalue weighted by Gasteiger charge is 2.33. The maximum Gasteiger partial charge on any atom is 0.232 e. The molecule has 6 heteroatoms. The average Bonchev–Trinajstić information content (AvgIpc) is 2.59. The summed E-state index contributed by atoms with van der Waals surface area (Å²) in [6.45, 7) is 1.43. The Hall–Kier alpha value is -3.15. The SMILES string of the molecule is CC(=O)Nc1ccc(NC(=O)C2CC(=O)N(C)c3ccccc32)cc1. The molecule has 0 bridgehead atoms. The van der Waals surface area contributed by atoms with Crippen LogP contribution in [0, 0.1) is 0 Å². The maximum absolute atomic E-state index is 12.7. The number of carbonyl (C=O) groups excluding carboxylic acids is 3. The first-order valence-corrected chi connectivity index (χ1v) is 7.99. The van der Waals surface area contributed by atoms with Gasteiger partial charge in [0.1, 0.15) is 0 Å². The Morgan fingerprint density at radius 3 is 2.24 bits per heavy atom. The summed E-state index contributed by atoms with van der Waals surface area (Å²) in [6.07, 6.45) is 0.142. The van der Waals surface area contributed by atoms with Crippen LogP contribution in [0.25, 0.3) is 0 Å². The summed E-state index contributed by atoms with van der Waals surface area (Å²) in [7, 11) is 1.72. The number of nitrogens with zero attached hydrogens (tertiary/aromatic N) is 1. The predicted molar refractivity (Wildman–Crippen MR) is 96.6 cm³/mol. The van der Waals surface area contributed by atoms with Gasteiger partial charge in [-0.3, -0.25) is 14.4 Å². The van der Waals surface area contributed by atoms with Crippen LogP contribution < -0.4 is 15.5 Å². The molecule has 0 saturated heterocycles. The monoisotopic (exact) mass is 337 g/mol. The van der Waals surface area contributed by atoms with Crippen LogP contribution in [0.5, 0.6) is 0 Å². The predicted octanol–water partition coefficient (Wildman–Crippen LogP) is 2.73. The molecule has 1 heterocycles. The van der Waals surface area contributed by atoms with E-state index in [-0.39, 0.29) is 24.1 Å². The Kier molecular flexibility index (Phi) is 4.52. The fourth-order valence-corrected chi connectivity index (χ4v) is 2.95. The third kappa shape index (κ3) is 3.52. The van der Waals surface area contributed by atoms with Gasteiger partial charge in [0.15, 0.2) is 0 Å². The van der Waals surface area contributed by atoms with Crippen LogP contribution in [-0.2, 0) is 14.4 Å². The molecule has 3 amide bonds. The first-order valence-electron chi connectivity index (χ1n) is 7.99. The van der Waals surface area contributed by atoms with E-state index >= 15 is 0 Å². The molecule has 2 aromatic rings. The van der Waals surface area contributed by atoms with Crippen LogP contribution in [0.1, 0.15) is 24.8 Å². The number of rotatable bonds is 3. The number of para-hydroxylation sites is 1. The van der Waals surface area contributed by atoms with Crippen molar-refractivity contribution in [1.29, 1.82) is 0 Å². The summed E-state index contributed by atoms with van der Waals surface area (Å²) in [4.78, 5) is 37.5. The van der Waals surface area contributed by atoms with Gasteiger partial charge in [0, 0.05) is 37.5 Å². The molecule has 2 aromatic carbocycles. The largest absolute Gasteiger partial charge is 0.326 e. The molecule has 3 rings (SSSR count). The Bertz CT molecular complexity index is 830. The van der Waals surface area contributed by atoms with Crippen molar-refractivity contribution in [3.05, 3.63) is 54.1 Å². The summed E-state index contributed by atoms with van der Waals surface area (Å²) < 4.78 is 0. The topological polar surface area (TPSA) is 78.5 Å². The van der Waals surface area contributed by atoms with Crippen LogP contribution in [0.2, 0.25) is 0 Å². The number of anilines is 3. The van der Waals surface area contributed by atoms with Gasteiger partial charge in [-0.1, -0.05) is 18.2 Å². The molecule has 2 N–H and O–H groups in total. The molecule has 0 fully saturated rings. The second-order valence-electron chi connectivity index (χ2n) is 6.02. The van der Waals surface area contributed by atoms with Gasteiger partial charge in [0.05, 0.1) is 5.92 Å². The molecule has 6 nitrogen and oxygen atoms in total. The van der Waals surface area contributed by atoms with Crippen LogP contribution in [0.15, 0.2) is 48.5 Å². The number of hydrogen-bond acceptors (Lipinski definition) is 3. The fraction of sp³-hybridized carbons (Fsp3) is 0.211. The maximum atomic E-state index is 12.7. The van der Waals surface area contributed by atoms with Crippen molar-refractivity contribution in [3.63, 3.8) is 0 Å². The number of benzene rings is 2. The van der Waals surface area contributed by atoms with E-state index in [9.17, 15) is 14.4 Å². The van der Waals surface area contributed by atoms with Crippen molar-refractivity contribution < 1.29 is 14.4 Å². The zero-order chi connectivity index (χ0) is 18.0. The van der Waals surface area contributed by atoms with Gasteiger partial charge in [-0.25, -0.2) is 0 Å². The second kappa shape index (κ2) is 6.76. The number of amides is 3. The molecular formula is C19H19N3O3. The molecule has 0 saturated carbocycles. The summed E-state index contributed by atoms with van der Waals surface area (Å²) in [6, 6.07) is 14.3. The molecule has 25 heavy (non-hydrogen) atoms. The molecule has 1 unspecified atom stereocenters. The van der Waals surface area contributed by atoms with Gasteiger partial charge in [-0.2, -0.15) is 0 Å². The molecular weight excluding hydrogens is 318 g/mol. The zero-order valence-electron chi connectivity index (χ0n) is 14.1. The lowest BCUT2D eigenvalue weighted by atomic mass is 9.89. The minimum atomic E-state index is -0.519. The van der Waals surface area contributed by atoms with Crippen molar-refractivity contribution >= 4 is 34.8 Å². The lowest BCUT2D eigenvalue weighted by Crippen LogP contribution is -2.37. The van der Waals surface area contributed by atoms with Gasteiger partial charge in [0.25, 0.3) is 0 Å². The van der Waals surface area contributed by atoms with Crippen molar-refractivity contribution in [2.45, 2.75) is 19.3 Å². The Labute approximate surface area is 145 Å². The summed E-state index contributed by atoms with van der Waals surface area (Å²) >= 11 is 0. The van der Waals surface area contributed by atoms with Crippen molar-refractivity contribution in [2.75, 3.05) is 22.6 Å². The third-order valence-corrected chi connectivity index (χ3v) is 4.22. The van der Waals surface area contributed by atoms with Gasteiger partial charge in [-0.15, -0.1) is 0 Å². The van der Waals surface area contributed by atoms with Gasteiger partial charge in [-0.05, 0) is 35.9 Å². The lowest BCUT2D eigenvalue weighted by Gasteiger charge is -2.30. The molecule has 1 aliphatic rings. The van der Waals surface area contributed by atoms with E-state index in [0.29, 0.717) is 11.4 Å². The van der Waals surface area contributed by atoms with Crippen LogP contribution in [0.4, 0.5) is 17.1 Å². The molecule has 1 aliphatic heterocycles. The van der Waals surface area contributed by atoms with Gasteiger partial charge in [0.2, 0.25) is 17.7 Å². The fourth-order valence-electron chi connectivity index (χ4n) is 2.95. The molecule has 0 radical (unpaired) electrons. The van der Waals surface area contributed by atoms with Crippen molar-refractivity contribution in [3.8, 4) is 0 Å². The highest BCUT2D eigenvalue weighted by Crippen LogP contribution is 2.35. The standard InChI is InChI=1S/C19H19N3O3/c1-12(23)20-13-7-9-14(10-8-13)21-19(25)16-11-18(24)22(2)17-6-4-3-5-15(16)17/h3-10,16H,11H2,1-2H3,(H,20,23)(H,21,25). The molecule has 1 atom stereocenters. The van der Waals surface area contributed by atoms with Gasteiger partial charge < -0.3 is 15.5 Å². The quantitative estimate of drug-likeness (QED) is 0.904. The average molecular weight is 337 g/mol. The number of hydrogen-bond donors (Lipinski definition) is 2. The normalized spacial score (nSPS) is 16.2. The lowest BCUT2D eigenvalue weighted by molar-refractivity contribution is -0.124. The van der Waals surface area contributed by atoms with E-state index in [0.717, 1.165) is 11.3 Å². The molecule has 128 valence electrons. The van der Waals surface area contributed by atoms with E-state index in [4.69, 9.17) is 0 Å².